The Morgan fingerprint density at radius 2 is 1.89 bits per heavy atom. The molecule has 0 N–H and O–H groups in total. The first-order valence-electron chi connectivity index (χ1n) is 6.70. The molecule has 0 aromatic heterocycles. The van der Waals surface area contributed by atoms with Crippen LogP contribution >= 0.6 is 0 Å². The van der Waals surface area contributed by atoms with Gasteiger partial charge in [-0.05, 0) is 25.0 Å². The van der Waals surface area contributed by atoms with Gasteiger partial charge in [0, 0.05) is 13.1 Å². The minimum absolute atomic E-state index is 0.184. The maximum absolute atomic E-state index is 13.6. The summed E-state index contributed by atoms with van der Waals surface area (Å²) in [6.45, 7) is 0. The SMILES string of the molecule is CN(c1cccc(F)c1C=O)C1CCCCCC1. The van der Waals surface area contributed by atoms with Crippen LogP contribution in [0.5, 0.6) is 0 Å². The molecule has 3 heteroatoms. The summed E-state index contributed by atoms with van der Waals surface area (Å²) < 4.78 is 13.6. The molecule has 2 nitrogen and oxygen atoms in total. The fraction of sp³-hybridized carbons (Fsp3) is 0.533. The van der Waals surface area contributed by atoms with Gasteiger partial charge < -0.3 is 4.90 Å². The Hall–Kier alpha value is -1.38. The van der Waals surface area contributed by atoms with E-state index in [1.165, 1.54) is 31.7 Å². The summed E-state index contributed by atoms with van der Waals surface area (Å²) in [6, 6.07) is 5.27. The van der Waals surface area contributed by atoms with Crippen LogP contribution in [0.1, 0.15) is 48.9 Å². The van der Waals surface area contributed by atoms with Crippen molar-refractivity contribution >= 4 is 12.0 Å². The number of hydrogen-bond donors (Lipinski definition) is 0. The second-order valence-electron chi connectivity index (χ2n) is 5.05. The van der Waals surface area contributed by atoms with Crippen molar-refractivity contribution in [1.82, 2.24) is 0 Å². The van der Waals surface area contributed by atoms with E-state index in [9.17, 15) is 9.18 Å². The number of anilines is 1. The van der Waals surface area contributed by atoms with Crippen LogP contribution < -0.4 is 4.90 Å². The number of halogens is 1. The van der Waals surface area contributed by atoms with Crippen LogP contribution in [0, 0.1) is 5.82 Å². The molecule has 0 saturated heterocycles. The van der Waals surface area contributed by atoms with Gasteiger partial charge in [-0.2, -0.15) is 0 Å². The van der Waals surface area contributed by atoms with Crippen molar-refractivity contribution in [3.63, 3.8) is 0 Å². The summed E-state index contributed by atoms with van der Waals surface area (Å²) in [4.78, 5) is 13.1. The third-order valence-corrected chi connectivity index (χ3v) is 3.90. The van der Waals surface area contributed by atoms with Gasteiger partial charge in [-0.1, -0.05) is 31.7 Å². The lowest BCUT2D eigenvalue weighted by Gasteiger charge is -2.30. The Kier molecular flexibility index (Phi) is 4.34. The third kappa shape index (κ3) is 2.71. The largest absolute Gasteiger partial charge is 0.371 e. The van der Waals surface area contributed by atoms with Gasteiger partial charge in [0.15, 0.2) is 6.29 Å². The Bertz CT molecular complexity index is 411. The van der Waals surface area contributed by atoms with Gasteiger partial charge in [0.25, 0.3) is 0 Å². The lowest BCUT2D eigenvalue weighted by atomic mass is 10.1. The van der Waals surface area contributed by atoms with Crippen LogP contribution in [-0.2, 0) is 0 Å². The molecule has 0 unspecified atom stereocenters. The van der Waals surface area contributed by atoms with Gasteiger partial charge in [-0.25, -0.2) is 4.39 Å². The average Bonchev–Trinajstić information content (AvgIpc) is 2.66. The highest BCUT2D eigenvalue weighted by Gasteiger charge is 2.20. The van der Waals surface area contributed by atoms with E-state index in [-0.39, 0.29) is 5.56 Å². The van der Waals surface area contributed by atoms with Crippen molar-refractivity contribution in [3.8, 4) is 0 Å². The predicted molar refractivity (Wildman–Crippen MR) is 71.7 cm³/mol. The second-order valence-corrected chi connectivity index (χ2v) is 5.05. The number of hydrogen-bond acceptors (Lipinski definition) is 2. The highest BCUT2D eigenvalue weighted by atomic mass is 19.1. The normalized spacial score (nSPS) is 17.2. The zero-order valence-electron chi connectivity index (χ0n) is 10.9. The minimum Gasteiger partial charge on any atom is -0.371 e. The first kappa shape index (κ1) is 13.1. The summed E-state index contributed by atoms with van der Waals surface area (Å²) in [5.41, 5.74) is 0.904. The van der Waals surface area contributed by atoms with Crippen molar-refractivity contribution in [2.24, 2.45) is 0 Å². The molecule has 0 atom stereocenters. The van der Waals surface area contributed by atoms with Gasteiger partial charge in [0.1, 0.15) is 5.82 Å². The lowest BCUT2D eigenvalue weighted by Crippen LogP contribution is -2.32. The fourth-order valence-electron chi connectivity index (χ4n) is 2.79. The number of nitrogens with zero attached hydrogens (tertiary/aromatic N) is 1. The molecule has 18 heavy (non-hydrogen) atoms. The Morgan fingerprint density at radius 1 is 1.22 bits per heavy atom. The van der Waals surface area contributed by atoms with Gasteiger partial charge in [0.2, 0.25) is 0 Å². The molecule has 0 amide bonds. The van der Waals surface area contributed by atoms with Gasteiger partial charge >= 0.3 is 0 Å². The molecule has 1 aromatic rings. The van der Waals surface area contributed by atoms with E-state index in [0.29, 0.717) is 12.3 Å². The minimum atomic E-state index is -0.428. The number of carbonyl (C=O) groups excluding carboxylic acids is 1. The maximum atomic E-state index is 13.6. The van der Waals surface area contributed by atoms with Crippen molar-refractivity contribution in [3.05, 3.63) is 29.6 Å². The Balaban J connectivity index is 2.24. The molecule has 98 valence electrons. The molecule has 1 aliphatic rings. The first-order chi connectivity index (χ1) is 8.74. The number of carbonyl (C=O) groups is 1. The summed E-state index contributed by atoms with van der Waals surface area (Å²) in [6.07, 6.45) is 7.90. The van der Waals surface area contributed by atoms with Gasteiger partial charge in [0.05, 0.1) is 11.3 Å². The number of aldehydes is 1. The smallest absolute Gasteiger partial charge is 0.155 e. The van der Waals surface area contributed by atoms with Crippen molar-refractivity contribution in [2.45, 2.75) is 44.6 Å². The van der Waals surface area contributed by atoms with E-state index in [4.69, 9.17) is 0 Å². The predicted octanol–water partition coefficient (Wildman–Crippen LogP) is 3.80. The topological polar surface area (TPSA) is 20.3 Å². The summed E-state index contributed by atoms with van der Waals surface area (Å²) in [5.74, 6) is -0.428. The highest BCUT2D eigenvalue weighted by molar-refractivity contribution is 5.85. The lowest BCUT2D eigenvalue weighted by molar-refractivity contribution is 0.112. The monoisotopic (exact) mass is 249 g/mol. The molecule has 0 heterocycles. The van der Waals surface area contributed by atoms with Crippen LogP contribution in [0.3, 0.4) is 0 Å². The average molecular weight is 249 g/mol. The van der Waals surface area contributed by atoms with E-state index in [0.717, 1.165) is 18.5 Å². The summed E-state index contributed by atoms with van der Waals surface area (Å²) in [7, 11) is 1.97. The van der Waals surface area contributed by atoms with Gasteiger partial charge in [-0.15, -0.1) is 0 Å². The van der Waals surface area contributed by atoms with Crippen LogP contribution in [0.2, 0.25) is 0 Å². The van der Waals surface area contributed by atoms with Crippen molar-refractivity contribution in [1.29, 1.82) is 0 Å². The zero-order chi connectivity index (χ0) is 13.0. The molecule has 1 aromatic carbocycles. The first-order valence-corrected chi connectivity index (χ1v) is 6.70. The highest BCUT2D eigenvalue weighted by Crippen LogP contribution is 2.28. The molecule has 0 radical (unpaired) electrons. The van der Waals surface area contributed by atoms with E-state index in [1.54, 1.807) is 6.07 Å². The molecule has 1 fully saturated rings. The Labute approximate surface area is 108 Å². The van der Waals surface area contributed by atoms with Gasteiger partial charge in [-0.3, -0.25) is 4.79 Å². The maximum Gasteiger partial charge on any atom is 0.155 e. The molecule has 1 saturated carbocycles. The van der Waals surface area contributed by atoms with Crippen molar-refractivity contribution < 1.29 is 9.18 Å². The van der Waals surface area contributed by atoms with Crippen LogP contribution in [0.25, 0.3) is 0 Å². The van der Waals surface area contributed by atoms with E-state index >= 15 is 0 Å². The van der Waals surface area contributed by atoms with Crippen molar-refractivity contribution in [2.75, 3.05) is 11.9 Å². The molecule has 1 aliphatic carbocycles. The summed E-state index contributed by atoms with van der Waals surface area (Å²) >= 11 is 0. The third-order valence-electron chi connectivity index (χ3n) is 3.90. The second kappa shape index (κ2) is 5.98. The van der Waals surface area contributed by atoms with Crippen LogP contribution in [0.15, 0.2) is 18.2 Å². The molecule has 0 aliphatic heterocycles. The fourth-order valence-corrected chi connectivity index (χ4v) is 2.79. The van der Waals surface area contributed by atoms with Crippen LogP contribution in [0.4, 0.5) is 10.1 Å². The van der Waals surface area contributed by atoms with E-state index in [2.05, 4.69) is 4.90 Å². The molecule has 0 bridgehead atoms. The molecular formula is C15H20FNO. The molecule has 0 spiro atoms. The number of rotatable bonds is 3. The zero-order valence-corrected chi connectivity index (χ0v) is 10.9. The van der Waals surface area contributed by atoms with E-state index in [1.807, 2.05) is 13.1 Å². The standard InChI is InChI=1S/C15H20FNO/c1-17(12-7-4-2-3-5-8-12)15-10-6-9-14(16)13(15)11-18/h6,9-12H,2-5,7-8H2,1H3. The van der Waals surface area contributed by atoms with Crippen LogP contribution in [-0.4, -0.2) is 19.4 Å². The number of benzene rings is 1. The quantitative estimate of drug-likeness (QED) is 0.600. The summed E-state index contributed by atoms with van der Waals surface area (Å²) in [5, 5.41) is 0. The van der Waals surface area contributed by atoms with E-state index < -0.39 is 5.82 Å². The molecule has 2 rings (SSSR count). The Morgan fingerprint density at radius 3 is 2.50 bits per heavy atom. The molecular weight excluding hydrogens is 229 g/mol.